The fraction of sp³-hybridized carbons (Fsp3) is 0. The second kappa shape index (κ2) is 14.1. The molecule has 10 aromatic carbocycles. The van der Waals surface area contributed by atoms with E-state index in [1.54, 1.807) is 12.1 Å². The van der Waals surface area contributed by atoms with Gasteiger partial charge in [0.1, 0.15) is 0 Å². The van der Waals surface area contributed by atoms with Gasteiger partial charge in [-0.3, -0.25) is 0 Å². The Bertz CT molecular complexity index is 4810. The van der Waals surface area contributed by atoms with Crippen molar-refractivity contribution in [2.45, 2.75) is 0 Å². The molecule has 0 saturated carbocycles. The Kier molecular flexibility index (Phi) is 5.14. The van der Waals surface area contributed by atoms with E-state index in [0.717, 1.165) is 65.0 Å². The lowest BCUT2D eigenvalue weighted by atomic mass is 9.97. The summed E-state index contributed by atoms with van der Waals surface area (Å²) in [6, 6.07) is 34.4. The minimum Gasteiger partial charge on any atom is -0.309 e. The van der Waals surface area contributed by atoms with E-state index in [1.165, 1.54) is 0 Å². The van der Waals surface area contributed by atoms with E-state index >= 15 is 0 Å². The highest BCUT2D eigenvalue weighted by atomic mass is 15.0. The van der Waals surface area contributed by atoms with Gasteiger partial charge >= 0.3 is 0 Å². The average Bonchev–Trinajstić information content (AvgIpc) is 3.18. The third-order valence-corrected chi connectivity index (χ3v) is 11.9. The van der Waals surface area contributed by atoms with E-state index in [9.17, 15) is 12.3 Å². The minimum absolute atomic E-state index is 0.00991. The molecule has 0 amide bonds. The van der Waals surface area contributed by atoms with Crippen LogP contribution in [0.3, 0.4) is 0 Å². The Morgan fingerprint density at radius 1 is 0.286 bits per heavy atom. The van der Waals surface area contributed by atoms with Gasteiger partial charge in [-0.05, 0) is 76.8 Å². The lowest BCUT2D eigenvalue weighted by Crippen LogP contribution is -1.99. The predicted octanol–water partition coefficient (Wildman–Crippen LogP) is 16.0. The summed E-state index contributed by atoms with van der Waals surface area (Å²) in [5.74, 6) is 0. The molecular weight excluding hydrogens is 763 g/mol. The molecule has 63 heavy (non-hydrogen) atoms. The first-order valence-electron chi connectivity index (χ1n) is 28.4. The van der Waals surface area contributed by atoms with E-state index in [2.05, 4.69) is 57.7 Å². The summed E-state index contributed by atoms with van der Waals surface area (Å²) in [7, 11) is 0. The summed E-state index contributed by atoms with van der Waals surface area (Å²) in [4.78, 5) is 0. The van der Waals surface area contributed by atoms with Crippen LogP contribution in [0, 0.1) is 0 Å². The number of nitrogens with zero attached hydrogens (tertiary/aromatic N) is 3. The maximum Gasteiger partial charge on any atom is 0.0645 e. The van der Waals surface area contributed by atoms with Gasteiger partial charge in [-0.2, -0.15) is 0 Å². The van der Waals surface area contributed by atoms with Gasteiger partial charge in [0.25, 0.3) is 0 Å². The summed E-state index contributed by atoms with van der Waals surface area (Å²) < 4.78 is 151. The minimum atomic E-state index is -0.839. The maximum atomic E-state index is 9.83. The zero-order chi connectivity index (χ0) is 55.4. The van der Waals surface area contributed by atoms with E-state index in [4.69, 9.17) is 9.60 Å². The molecule has 3 nitrogen and oxygen atoms in total. The van der Waals surface area contributed by atoms with Crippen molar-refractivity contribution in [3.8, 4) is 50.4 Å². The molecule has 13 rings (SSSR count). The van der Waals surface area contributed by atoms with Gasteiger partial charge in [0.2, 0.25) is 0 Å². The Morgan fingerprint density at radius 3 is 1.71 bits per heavy atom. The fourth-order valence-electron chi connectivity index (χ4n) is 9.35. The lowest BCUT2D eigenvalue weighted by molar-refractivity contribution is 1.17. The molecule has 13 aromatic rings. The molecule has 3 aromatic heterocycles. The molecule has 0 aliphatic carbocycles. The van der Waals surface area contributed by atoms with E-state index in [-0.39, 0.29) is 27.4 Å². The van der Waals surface area contributed by atoms with E-state index in [1.807, 2.05) is 78.9 Å². The van der Waals surface area contributed by atoms with Gasteiger partial charge in [0, 0.05) is 49.1 Å². The summed E-state index contributed by atoms with van der Waals surface area (Å²) in [5.41, 5.74) is 4.79. The molecule has 294 valence electrons. The summed E-state index contributed by atoms with van der Waals surface area (Å²) >= 11 is 0. The van der Waals surface area contributed by atoms with Crippen molar-refractivity contribution in [1.29, 1.82) is 0 Å². The molecule has 3 heterocycles. The van der Waals surface area contributed by atoms with Crippen molar-refractivity contribution < 1.29 is 21.9 Å². The highest BCUT2D eigenvalue weighted by molar-refractivity contribution is 6.26. The van der Waals surface area contributed by atoms with Crippen molar-refractivity contribution in [3.63, 3.8) is 0 Å². The fourth-order valence-corrected chi connectivity index (χ4v) is 9.35. The van der Waals surface area contributed by atoms with Crippen LogP contribution in [0.2, 0.25) is 0 Å². The molecular formula is C60H39N3. The largest absolute Gasteiger partial charge is 0.309 e. The molecule has 0 aliphatic rings. The molecule has 0 aliphatic heterocycles. The summed E-state index contributed by atoms with van der Waals surface area (Å²) in [6.07, 6.45) is 0. The SMILES string of the molecule is [2H]c1c([2H])c([2H])c(-c2c([2H])c([2H])c(-n3c4c([2H])c([2H])c([2H])c([2H])c4c4c(-c5ccccc5-n5c6ccccc6c6c5ccc5c7ccccc7n(-c7ccccc7-c7ccccc7)c56)c([2H])c([2H])c([2H])c43)c([2H])c2[2H])c([2H])c1[2H]. The number of benzene rings is 10. The number of hydrogen-bond donors (Lipinski definition) is 0. The monoisotopic (exact) mass is 817 g/mol. The number of rotatable bonds is 6. The zero-order valence-electron chi connectivity index (χ0n) is 49.1. The van der Waals surface area contributed by atoms with Gasteiger partial charge in [0.15, 0.2) is 0 Å². The van der Waals surface area contributed by atoms with Crippen LogP contribution < -0.4 is 0 Å². The van der Waals surface area contributed by atoms with Crippen molar-refractivity contribution >= 4 is 65.4 Å². The molecule has 3 heteroatoms. The number of aromatic nitrogens is 3. The Labute approximate surface area is 387 Å². The van der Waals surface area contributed by atoms with Gasteiger partial charge < -0.3 is 13.7 Å². The third-order valence-electron chi connectivity index (χ3n) is 11.9. The molecule has 0 N–H and O–H groups in total. The second-order valence-electron chi connectivity index (χ2n) is 15.2. The standard InChI is InChI=1S/C60H39N3/c1-3-18-40(19-4-1)41-34-36-43(37-35-41)61-54-31-15-10-25-49(54)58-47(27-17-33-56(58)61)45-23-8-13-29-52(45)62-55-32-16-11-26-50(55)59-57(62)39-38-48-46-24-9-14-30-53(46)63(60(48)59)51-28-12-7-22-44(51)42-20-5-2-6-21-42/h1-39H/i1D,3D,4D,10D,15D,17D,18D,19D,25D,27D,31D,33D,34D,35D,36D,37D. The van der Waals surface area contributed by atoms with Crippen molar-refractivity contribution in [2.24, 2.45) is 0 Å². The van der Waals surface area contributed by atoms with Crippen LogP contribution in [-0.4, -0.2) is 13.7 Å². The first-order valence-corrected chi connectivity index (χ1v) is 20.4. The quantitative estimate of drug-likeness (QED) is 0.159. The summed E-state index contributed by atoms with van der Waals surface area (Å²) in [5, 5.41) is 3.52. The maximum absolute atomic E-state index is 9.83. The van der Waals surface area contributed by atoms with Gasteiger partial charge in [-0.1, -0.05) is 182 Å². The van der Waals surface area contributed by atoms with Crippen LogP contribution in [0.15, 0.2) is 236 Å². The number of fused-ring (bicyclic) bond motifs is 10. The smallest absolute Gasteiger partial charge is 0.0645 e. The van der Waals surface area contributed by atoms with Gasteiger partial charge in [-0.15, -0.1) is 0 Å². The Morgan fingerprint density at radius 2 is 0.905 bits per heavy atom. The third kappa shape index (κ3) is 5.33. The molecule has 0 fully saturated rings. The normalized spacial score (nSPS) is 15.4. The van der Waals surface area contributed by atoms with Gasteiger partial charge in [0.05, 0.1) is 66.4 Å². The highest BCUT2D eigenvalue weighted by Crippen LogP contribution is 2.46. The number of hydrogen-bond acceptors (Lipinski definition) is 0. The van der Waals surface area contributed by atoms with Crippen molar-refractivity contribution in [2.75, 3.05) is 0 Å². The van der Waals surface area contributed by atoms with Crippen LogP contribution >= 0.6 is 0 Å². The zero-order valence-corrected chi connectivity index (χ0v) is 33.1. The van der Waals surface area contributed by atoms with Crippen LogP contribution in [0.1, 0.15) is 21.9 Å². The van der Waals surface area contributed by atoms with E-state index < -0.39 is 113 Å². The first kappa shape index (κ1) is 23.0. The van der Waals surface area contributed by atoms with Crippen LogP contribution in [0.25, 0.3) is 116 Å². The molecule has 0 atom stereocenters. The Balaban J connectivity index is 1.16. The topological polar surface area (TPSA) is 14.8 Å². The number of para-hydroxylation sites is 5. The molecule has 0 radical (unpaired) electrons. The average molecular weight is 818 g/mol. The van der Waals surface area contributed by atoms with Crippen LogP contribution in [0.5, 0.6) is 0 Å². The second-order valence-corrected chi connectivity index (χ2v) is 15.2. The highest BCUT2D eigenvalue weighted by Gasteiger charge is 2.24. The molecule has 0 unspecified atom stereocenters. The molecule has 0 bridgehead atoms. The first-order chi connectivity index (χ1) is 38.0. The van der Waals surface area contributed by atoms with Crippen molar-refractivity contribution in [1.82, 2.24) is 13.7 Å². The predicted molar refractivity (Wildman–Crippen MR) is 266 cm³/mol. The summed E-state index contributed by atoms with van der Waals surface area (Å²) in [6.45, 7) is 0. The van der Waals surface area contributed by atoms with Crippen LogP contribution in [-0.2, 0) is 0 Å². The lowest BCUT2D eigenvalue weighted by Gasteiger charge is -2.16. The van der Waals surface area contributed by atoms with E-state index in [0.29, 0.717) is 11.3 Å². The van der Waals surface area contributed by atoms with Crippen molar-refractivity contribution in [3.05, 3.63) is 236 Å². The Hall–Kier alpha value is -8.40. The van der Waals surface area contributed by atoms with Gasteiger partial charge in [-0.25, -0.2) is 0 Å². The molecule has 0 saturated heterocycles. The van der Waals surface area contributed by atoms with Crippen LogP contribution in [0.4, 0.5) is 0 Å². The molecule has 0 spiro atoms.